The van der Waals surface area contributed by atoms with Crippen LogP contribution in [0.1, 0.15) is 71.2 Å². The number of carboxylic acids is 1. The van der Waals surface area contributed by atoms with E-state index in [4.69, 9.17) is 19.3 Å². The van der Waals surface area contributed by atoms with E-state index in [-0.39, 0.29) is 17.1 Å². The van der Waals surface area contributed by atoms with Crippen molar-refractivity contribution < 1.29 is 34.0 Å². The van der Waals surface area contributed by atoms with Crippen LogP contribution in [0.15, 0.2) is 30.3 Å². The van der Waals surface area contributed by atoms with E-state index in [1.54, 1.807) is 25.1 Å². The molecule has 0 aromatic heterocycles. The maximum absolute atomic E-state index is 12.6. The van der Waals surface area contributed by atoms with Crippen molar-refractivity contribution in [2.24, 2.45) is 5.92 Å². The Morgan fingerprint density at radius 1 is 0.970 bits per heavy atom. The fraction of sp³-hybridized carbons (Fsp3) is 0.462. The topological polar surface area (TPSA) is 102 Å². The van der Waals surface area contributed by atoms with Gasteiger partial charge < -0.3 is 24.4 Å². The highest BCUT2D eigenvalue weighted by Gasteiger charge is 2.22. The van der Waals surface area contributed by atoms with E-state index in [0.29, 0.717) is 60.3 Å². The number of rotatable bonds is 12. The van der Waals surface area contributed by atoms with Gasteiger partial charge in [0.1, 0.15) is 11.5 Å². The first kappa shape index (κ1) is 24.4. The Morgan fingerprint density at radius 3 is 2.24 bits per heavy atom. The predicted molar refractivity (Wildman–Crippen MR) is 124 cm³/mol. The molecule has 33 heavy (non-hydrogen) atoms. The SMILES string of the molecule is COc1cc(C(=O)O)ccc1OCCCCOc1ccc(C(=O)CC2CCCC2)c(O)c1C. The highest BCUT2D eigenvalue weighted by Crippen LogP contribution is 2.34. The van der Waals surface area contributed by atoms with Crippen molar-refractivity contribution in [1.29, 1.82) is 0 Å². The molecule has 0 aliphatic heterocycles. The summed E-state index contributed by atoms with van der Waals surface area (Å²) in [6.07, 6.45) is 6.49. The smallest absolute Gasteiger partial charge is 0.335 e. The second-order valence-corrected chi connectivity index (χ2v) is 8.44. The number of hydrogen-bond acceptors (Lipinski definition) is 6. The Hall–Kier alpha value is -3.22. The van der Waals surface area contributed by atoms with Crippen LogP contribution in [0.5, 0.6) is 23.0 Å². The molecule has 2 N–H and O–H groups in total. The van der Waals surface area contributed by atoms with Crippen molar-refractivity contribution in [2.45, 2.75) is 51.9 Å². The second-order valence-electron chi connectivity index (χ2n) is 8.44. The van der Waals surface area contributed by atoms with Crippen molar-refractivity contribution in [3.63, 3.8) is 0 Å². The number of aromatic hydroxyl groups is 1. The fourth-order valence-corrected chi connectivity index (χ4v) is 4.14. The summed E-state index contributed by atoms with van der Waals surface area (Å²) in [7, 11) is 1.47. The number of hydrogen-bond donors (Lipinski definition) is 2. The average Bonchev–Trinajstić information content (AvgIpc) is 3.31. The summed E-state index contributed by atoms with van der Waals surface area (Å²) in [6.45, 7) is 2.62. The van der Waals surface area contributed by atoms with E-state index in [2.05, 4.69) is 0 Å². The van der Waals surface area contributed by atoms with Gasteiger partial charge in [0.05, 0.1) is 31.5 Å². The number of aromatic carboxylic acids is 1. The van der Waals surface area contributed by atoms with Crippen LogP contribution in [-0.4, -0.2) is 42.3 Å². The lowest BCUT2D eigenvalue weighted by Crippen LogP contribution is -2.08. The summed E-state index contributed by atoms with van der Waals surface area (Å²) in [6, 6.07) is 7.90. The summed E-state index contributed by atoms with van der Waals surface area (Å²) >= 11 is 0. The van der Waals surface area contributed by atoms with Crippen LogP contribution in [0.2, 0.25) is 0 Å². The monoisotopic (exact) mass is 456 g/mol. The summed E-state index contributed by atoms with van der Waals surface area (Å²) in [5.74, 6) is 0.849. The zero-order chi connectivity index (χ0) is 23.8. The highest BCUT2D eigenvalue weighted by molar-refractivity contribution is 5.99. The molecular weight excluding hydrogens is 424 g/mol. The summed E-state index contributed by atoms with van der Waals surface area (Å²) < 4.78 is 16.7. The van der Waals surface area contributed by atoms with E-state index >= 15 is 0 Å². The molecule has 0 bridgehead atoms. The zero-order valence-corrected chi connectivity index (χ0v) is 19.3. The van der Waals surface area contributed by atoms with E-state index < -0.39 is 5.97 Å². The van der Waals surface area contributed by atoms with Gasteiger partial charge >= 0.3 is 5.97 Å². The lowest BCUT2D eigenvalue weighted by atomic mass is 9.95. The van der Waals surface area contributed by atoms with Crippen molar-refractivity contribution in [1.82, 2.24) is 0 Å². The van der Waals surface area contributed by atoms with E-state index in [1.807, 2.05) is 0 Å². The van der Waals surface area contributed by atoms with Gasteiger partial charge in [0, 0.05) is 12.0 Å². The standard InChI is InChI=1S/C26H32O7/c1-17-22(12-10-20(25(17)28)21(27)15-18-7-3-4-8-18)32-13-5-6-14-33-23-11-9-19(26(29)30)16-24(23)31-2/h9-12,16,18,28H,3-8,13-15H2,1-2H3,(H,29,30). The molecule has 0 heterocycles. The third kappa shape index (κ3) is 6.40. The Morgan fingerprint density at radius 2 is 1.61 bits per heavy atom. The number of unbranched alkanes of at least 4 members (excludes halogenated alkanes) is 1. The van der Waals surface area contributed by atoms with Crippen LogP contribution in [0.25, 0.3) is 0 Å². The van der Waals surface area contributed by atoms with E-state index in [1.165, 1.54) is 32.1 Å². The third-order valence-corrected chi connectivity index (χ3v) is 6.09. The minimum atomic E-state index is -1.02. The third-order valence-electron chi connectivity index (χ3n) is 6.09. The first-order valence-electron chi connectivity index (χ1n) is 11.4. The van der Waals surface area contributed by atoms with Gasteiger partial charge in [0.2, 0.25) is 0 Å². The van der Waals surface area contributed by atoms with Crippen molar-refractivity contribution in [3.8, 4) is 23.0 Å². The van der Waals surface area contributed by atoms with Gasteiger partial charge in [-0.15, -0.1) is 0 Å². The molecular formula is C26H32O7. The predicted octanol–water partition coefficient (Wildman–Crippen LogP) is 5.41. The molecule has 1 fully saturated rings. The molecule has 1 aliphatic carbocycles. The van der Waals surface area contributed by atoms with Gasteiger partial charge in [-0.3, -0.25) is 4.79 Å². The number of carbonyl (C=O) groups is 2. The molecule has 3 rings (SSSR count). The average molecular weight is 457 g/mol. The fourth-order valence-electron chi connectivity index (χ4n) is 4.14. The maximum Gasteiger partial charge on any atom is 0.335 e. The van der Waals surface area contributed by atoms with E-state index in [0.717, 1.165) is 19.3 Å². The number of benzene rings is 2. The van der Waals surface area contributed by atoms with Crippen LogP contribution in [0.4, 0.5) is 0 Å². The van der Waals surface area contributed by atoms with Crippen LogP contribution in [0, 0.1) is 12.8 Å². The number of phenols is 1. The normalized spacial score (nSPS) is 13.6. The van der Waals surface area contributed by atoms with Crippen LogP contribution < -0.4 is 14.2 Å². The number of Topliss-reactive ketones (excluding diaryl/α,β-unsaturated/α-hetero) is 1. The van der Waals surface area contributed by atoms with E-state index in [9.17, 15) is 14.7 Å². The van der Waals surface area contributed by atoms with Gasteiger partial charge in [0.15, 0.2) is 17.3 Å². The molecule has 178 valence electrons. The van der Waals surface area contributed by atoms with Gasteiger partial charge in [0.25, 0.3) is 0 Å². The number of phenolic OH excluding ortho intramolecular Hbond substituents is 1. The zero-order valence-electron chi connectivity index (χ0n) is 19.3. The molecule has 2 aromatic carbocycles. The van der Waals surface area contributed by atoms with Crippen LogP contribution in [0.3, 0.4) is 0 Å². The number of ketones is 1. The lowest BCUT2D eigenvalue weighted by molar-refractivity contribution is 0.0696. The second kappa shape index (κ2) is 11.6. The van der Waals surface area contributed by atoms with Crippen LogP contribution in [-0.2, 0) is 0 Å². The molecule has 0 atom stereocenters. The molecule has 0 spiro atoms. The first-order chi connectivity index (χ1) is 15.9. The Labute approximate surface area is 194 Å². The van der Waals surface area contributed by atoms with Gasteiger partial charge in [-0.1, -0.05) is 25.7 Å². The number of carboxylic acid groups (broad SMARTS) is 1. The molecule has 1 saturated carbocycles. The van der Waals surface area contributed by atoms with Crippen molar-refractivity contribution >= 4 is 11.8 Å². The summed E-state index contributed by atoms with van der Waals surface area (Å²) in [5, 5.41) is 19.6. The first-order valence-corrected chi connectivity index (χ1v) is 11.4. The Kier molecular flexibility index (Phi) is 8.58. The van der Waals surface area contributed by atoms with Gasteiger partial charge in [-0.05, 0) is 56.0 Å². The minimum absolute atomic E-state index is 0.00184. The molecule has 1 aliphatic rings. The lowest BCUT2D eigenvalue weighted by Gasteiger charge is -2.14. The molecule has 2 aromatic rings. The molecule has 0 amide bonds. The van der Waals surface area contributed by atoms with Crippen molar-refractivity contribution in [3.05, 3.63) is 47.0 Å². The van der Waals surface area contributed by atoms with Gasteiger partial charge in [-0.2, -0.15) is 0 Å². The minimum Gasteiger partial charge on any atom is -0.507 e. The molecule has 7 nitrogen and oxygen atoms in total. The number of ether oxygens (including phenoxy) is 3. The molecule has 0 radical (unpaired) electrons. The quantitative estimate of drug-likeness (QED) is 0.325. The molecule has 7 heteroatoms. The maximum atomic E-state index is 12.6. The summed E-state index contributed by atoms with van der Waals surface area (Å²) in [4.78, 5) is 23.6. The molecule has 0 unspecified atom stereocenters. The summed E-state index contributed by atoms with van der Waals surface area (Å²) in [5.41, 5.74) is 1.09. The highest BCUT2D eigenvalue weighted by atomic mass is 16.5. The number of methoxy groups -OCH3 is 1. The Bertz CT molecular complexity index is 977. The van der Waals surface area contributed by atoms with Gasteiger partial charge in [-0.25, -0.2) is 4.79 Å². The number of carbonyl (C=O) groups excluding carboxylic acids is 1. The Balaban J connectivity index is 1.45. The largest absolute Gasteiger partial charge is 0.507 e. The molecule has 0 saturated heterocycles. The van der Waals surface area contributed by atoms with Crippen molar-refractivity contribution in [2.75, 3.05) is 20.3 Å². The van der Waals surface area contributed by atoms with Crippen LogP contribution >= 0.6 is 0 Å².